The summed E-state index contributed by atoms with van der Waals surface area (Å²) in [5.74, 6) is -0.693. The van der Waals surface area contributed by atoms with Gasteiger partial charge in [0, 0.05) is 13.0 Å². The number of aryl methyl sites for hydroxylation is 1. The zero-order chi connectivity index (χ0) is 13.5. The maximum absolute atomic E-state index is 13.0. The van der Waals surface area contributed by atoms with E-state index in [1.165, 1.54) is 6.07 Å². The lowest BCUT2D eigenvalue weighted by Gasteiger charge is -2.07. The number of amides is 2. The third kappa shape index (κ3) is 4.53. The van der Waals surface area contributed by atoms with Crippen molar-refractivity contribution < 1.29 is 14.0 Å². The number of halogens is 1. The lowest BCUT2D eigenvalue weighted by Crippen LogP contribution is -2.36. The summed E-state index contributed by atoms with van der Waals surface area (Å²) in [5.41, 5.74) is 1.37. The molecule has 1 aromatic carbocycles. The Bertz CT molecular complexity index is 447. The first-order valence-corrected chi connectivity index (χ1v) is 5.81. The van der Waals surface area contributed by atoms with Gasteiger partial charge >= 0.3 is 0 Å². The van der Waals surface area contributed by atoms with E-state index < -0.39 is 0 Å². The molecule has 0 radical (unpaired) electrons. The molecule has 0 saturated heterocycles. The standard InChI is InChI=1S/C13H17FN2O2/c1-3-12(17)16-8-13(18)15-7-10-4-5-11(14)9(2)6-10/h4-6H,3,7-8H2,1-2H3,(H,15,18)(H,16,17). The van der Waals surface area contributed by atoms with Crippen molar-refractivity contribution in [3.8, 4) is 0 Å². The smallest absolute Gasteiger partial charge is 0.239 e. The van der Waals surface area contributed by atoms with Crippen molar-refractivity contribution in [1.29, 1.82) is 0 Å². The van der Waals surface area contributed by atoms with Crippen LogP contribution in [0.15, 0.2) is 18.2 Å². The number of nitrogens with one attached hydrogen (secondary N) is 2. The van der Waals surface area contributed by atoms with Crippen LogP contribution in [-0.2, 0) is 16.1 Å². The minimum Gasteiger partial charge on any atom is -0.350 e. The quantitative estimate of drug-likeness (QED) is 0.829. The number of hydrogen-bond acceptors (Lipinski definition) is 2. The summed E-state index contributed by atoms with van der Waals surface area (Å²) < 4.78 is 13.0. The molecule has 0 fully saturated rings. The van der Waals surface area contributed by atoms with Crippen LogP contribution in [-0.4, -0.2) is 18.4 Å². The van der Waals surface area contributed by atoms with E-state index in [0.717, 1.165) is 5.56 Å². The van der Waals surface area contributed by atoms with Gasteiger partial charge in [0.15, 0.2) is 0 Å². The normalized spacial score (nSPS) is 9.94. The molecule has 0 heterocycles. The zero-order valence-electron chi connectivity index (χ0n) is 10.5. The van der Waals surface area contributed by atoms with E-state index in [4.69, 9.17) is 0 Å². The van der Waals surface area contributed by atoms with Gasteiger partial charge in [0.25, 0.3) is 0 Å². The van der Waals surface area contributed by atoms with Crippen LogP contribution in [0.5, 0.6) is 0 Å². The van der Waals surface area contributed by atoms with Gasteiger partial charge in [-0.25, -0.2) is 4.39 Å². The van der Waals surface area contributed by atoms with Crippen LogP contribution in [0.3, 0.4) is 0 Å². The van der Waals surface area contributed by atoms with Gasteiger partial charge in [-0.1, -0.05) is 19.1 Å². The third-order valence-corrected chi connectivity index (χ3v) is 2.48. The first-order chi connectivity index (χ1) is 8.52. The lowest BCUT2D eigenvalue weighted by molar-refractivity contribution is -0.126. The third-order valence-electron chi connectivity index (χ3n) is 2.48. The highest BCUT2D eigenvalue weighted by Crippen LogP contribution is 2.08. The van der Waals surface area contributed by atoms with Crippen molar-refractivity contribution in [2.45, 2.75) is 26.8 Å². The highest BCUT2D eigenvalue weighted by molar-refractivity contribution is 5.84. The van der Waals surface area contributed by atoms with Crippen molar-refractivity contribution in [2.24, 2.45) is 0 Å². The van der Waals surface area contributed by atoms with Crippen LogP contribution in [0.1, 0.15) is 24.5 Å². The fourth-order valence-corrected chi connectivity index (χ4v) is 1.38. The van der Waals surface area contributed by atoms with Crippen molar-refractivity contribution in [3.63, 3.8) is 0 Å². The molecule has 0 aliphatic carbocycles. The molecule has 0 bridgehead atoms. The van der Waals surface area contributed by atoms with Crippen LogP contribution in [0.2, 0.25) is 0 Å². The van der Waals surface area contributed by atoms with Crippen LogP contribution in [0.4, 0.5) is 4.39 Å². The molecule has 5 heteroatoms. The monoisotopic (exact) mass is 252 g/mol. The fourth-order valence-electron chi connectivity index (χ4n) is 1.38. The van der Waals surface area contributed by atoms with Gasteiger partial charge in [-0.15, -0.1) is 0 Å². The molecule has 0 saturated carbocycles. The van der Waals surface area contributed by atoms with E-state index >= 15 is 0 Å². The van der Waals surface area contributed by atoms with Gasteiger partial charge in [0.2, 0.25) is 11.8 Å². The highest BCUT2D eigenvalue weighted by atomic mass is 19.1. The van der Waals surface area contributed by atoms with E-state index in [1.54, 1.807) is 26.0 Å². The van der Waals surface area contributed by atoms with E-state index in [2.05, 4.69) is 10.6 Å². The Morgan fingerprint density at radius 3 is 2.56 bits per heavy atom. The highest BCUT2D eigenvalue weighted by Gasteiger charge is 2.04. The molecular formula is C13H17FN2O2. The van der Waals surface area contributed by atoms with Crippen LogP contribution in [0.25, 0.3) is 0 Å². The summed E-state index contributed by atoms with van der Waals surface area (Å²) in [6.07, 6.45) is 0.352. The predicted molar refractivity (Wildman–Crippen MR) is 66.3 cm³/mol. The first-order valence-electron chi connectivity index (χ1n) is 5.81. The molecular weight excluding hydrogens is 235 g/mol. The predicted octanol–water partition coefficient (Wildman–Crippen LogP) is 1.28. The summed E-state index contributed by atoms with van der Waals surface area (Å²) in [6.45, 7) is 3.67. The Kier molecular flexibility index (Phi) is 5.30. The molecule has 0 aliphatic rings. The molecule has 1 aromatic rings. The van der Waals surface area contributed by atoms with Crippen molar-refractivity contribution in [3.05, 3.63) is 35.1 Å². The van der Waals surface area contributed by atoms with Gasteiger partial charge in [0.05, 0.1) is 6.54 Å². The summed E-state index contributed by atoms with van der Waals surface area (Å²) in [4.78, 5) is 22.3. The van der Waals surface area contributed by atoms with E-state index in [9.17, 15) is 14.0 Å². The molecule has 2 N–H and O–H groups in total. The number of benzene rings is 1. The molecule has 4 nitrogen and oxygen atoms in total. The number of carbonyl (C=O) groups is 2. The summed E-state index contributed by atoms with van der Waals surface area (Å²) in [5, 5.41) is 5.13. The lowest BCUT2D eigenvalue weighted by atomic mass is 10.1. The van der Waals surface area contributed by atoms with Crippen molar-refractivity contribution in [2.75, 3.05) is 6.54 Å². The minimum absolute atomic E-state index is 0.0349. The topological polar surface area (TPSA) is 58.2 Å². The van der Waals surface area contributed by atoms with Gasteiger partial charge in [-0.2, -0.15) is 0 Å². The summed E-state index contributed by atoms with van der Waals surface area (Å²) in [6, 6.07) is 4.67. The van der Waals surface area contributed by atoms with Crippen LogP contribution >= 0.6 is 0 Å². The van der Waals surface area contributed by atoms with E-state index in [0.29, 0.717) is 18.5 Å². The molecule has 18 heavy (non-hydrogen) atoms. The van der Waals surface area contributed by atoms with Gasteiger partial charge in [-0.05, 0) is 24.1 Å². The largest absolute Gasteiger partial charge is 0.350 e. The molecule has 0 aliphatic heterocycles. The molecule has 2 amide bonds. The second-order valence-electron chi connectivity index (χ2n) is 3.99. The summed E-state index contributed by atoms with van der Waals surface area (Å²) >= 11 is 0. The zero-order valence-corrected chi connectivity index (χ0v) is 10.5. The SMILES string of the molecule is CCC(=O)NCC(=O)NCc1ccc(F)c(C)c1. The molecule has 0 unspecified atom stereocenters. The van der Waals surface area contributed by atoms with E-state index in [-0.39, 0.29) is 24.2 Å². The van der Waals surface area contributed by atoms with Crippen molar-refractivity contribution >= 4 is 11.8 Å². The Balaban J connectivity index is 2.38. The molecule has 98 valence electrons. The second-order valence-corrected chi connectivity index (χ2v) is 3.99. The maximum atomic E-state index is 13.0. The minimum atomic E-state index is -0.265. The average Bonchev–Trinajstić information content (AvgIpc) is 2.37. The van der Waals surface area contributed by atoms with Gasteiger partial charge in [0.1, 0.15) is 5.82 Å². The van der Waals surface area contributed by atoms with Crippen LogP contribution < -0.4 is 10.6 Å². The van der Waals surface area contributed by atoms with Gasteiger partial charge in [-0.3, -0.25) is 9.59 Å². The molecule has 1 rings (SSSR count). The number of rotatable bonds is 5. The molecule has 0 spiro atoms. The second kappa shape index (κ2) is 6.74. The number of hydrogen-bond donors (Lipinski definition) is 2. The molecule has 0 aromatic heterocycles. The van der Waals surface area contributed by atoms with E-state index in [1.807, 2.05) is 0 Å². The first kappa shape index (κ1) is 14.2. The van der Waals surface area contributed by atoms with Crippen molar-refractivity contribution in [1.82, 2.24) is 10.6 Å². The number of carbonyl (C=O) groups excluding carboxylic acids is 2. The Morgan fingerprint density at radius 2 is 1.94 bits per heavy atom. The fraction of sp³-hybridized carbons (Fsp3) is 0.385. The maximum Gasteiger partial charge on any atom is 0.239 e. The average molecular weight is 252 g/mol. The summed E-state index contributed by atoms with van der Waals surface area (Å²) in [7, 11) is 0. The van der Waals surface area contributed by atoms with Crippen LogP contribution in [0, 0.1) is 12.7 Å². The van der Waals surface area contributed by atoms with Gasteiger partial charge < -0.3 is 10.6 Å². The Labute approximate surface area is 106 Å². The molecule has 0 atom stereocenters. The Hall–Kier alpha value is -1.91. The Morgan fingerprint density at radius 1 is 1.22 bits per heavy atom.